The number of aliphatic hydroxyl groups is 1. The number of ketones is 1. The lowest BCUT2D eigenvalue weighted by Gasteiger charge is -2.19. The molecule has 0 saturated carbocycles. The lowest BCUT2D eigenvalue weighted by atomic mass is 10.1. The molecule has 1 atom stereocenters. The van der Waals surface area contributed by atoms with Crippen molar-refractivity contribution in [1.82, 2.24) is 0 Å². The zero-order valence-corrected chi connectivity index (χ0v) is 10.7. The molecule has 1 N–H and O–H groups in total. The first-order valence-electron chi connectivity index (χ1n) is 5.31. The molecule has 1 saturated heterocycles. The topological polar surface area (TPSA) is 40.5 Å². The number of β-amino-alcohol motifs (C(OH)–C–C–N with tert-alkyl or cyclic N) is 1. The minimum atomic E-state index is -0.237. The third kappa shape index (κ3) is 2.28. The molecule has 1 aromatic carbocycles. The van der Waals surface area contributed by atoms with E-state index in [1.54, 1.807) is 6.92 Å². The number of rotatable bonds is 2. The second kappa shape index (κ2) is 4.55. The monoisotopic (exact) mass is 283 g/mol. The zero-order valence-electron chi connectivity index (χ0n) is 9.11. The summed E-state index contributed by atoms with van der Waals surface area (Å²) in [4.78, 5) is 13.3. The smallest absolute Gasteiger partial charge is 0.159 e. The quantitative estimate of drug-likeness (QED) is 0.847. The number of hydrogen-bond donors (Lipinski definition) is 1. The number of hydrogen-bond acceptors (Lipinski definition) is 3. The maximum Gasteiger partial charge on any atom is 0.159 e. The number of carbonyl (C=O) groups excluding carboxylic acids is 1. The fourth-order valence-electron chi connectivity index (χ4n) is 1.94. The molecule has 1 aliphatic rings. The van der Waals surface area contributed by atoms with Crippen molar-refractivity contribution in [3.05, 3.63) is 28.2 Å². The summed E-state index contributed by atoms with van der Waals surface area (Å²) in [6, 6.07) is 5.59. The van der Waals surface area contributed by atoms with Gasteiger partial charge in [0.25, 0.3) is 0 Å². The predicted octanol–water partition coefficient (Wildman–Crippen LogP) is 2.22. The van der Waals surface area contributed by atoms with Crippen LogP contribution in [0.3, 0.4) is 0 Å². The average molecular weight is 284 g/mol. The van der Waals surface area contributed by atoms with Crippen LogP contribution in [-0.2, 0) is 0 Å². The van der Waals surface area contributed by atoms with Crippen LogP contribution >= 0.6 is 15.9 Å². The molecule has 0 amide bonds. The Balaban J connectivity index is 2.26. The molecule has 0 radical (unpaired) electrons. The van der Waals surface area contributed by atoms with Gasteiger partial charge in [0.15, 0.2) is 5.78 Å². The molecule has 0 aliphatic carbocycles. The highest BCUT2D eigenvalue weighted by Gasteiger charge is 2.22. The summed E-state index contributed by atoms with van der Waals surface area (Å²) in [5, 5.41) is 9.48. The van der Waals surface area contributed by atoms with Gasteiger partial charge in [-0.2, -0.15) is 0 Å². The van der Waals surface area contributed by atoms with Gasteiger partial charge in [-0.15, -0.1) is 0 Å². The Morgan fingerprint density at radius 3 is 2.81 bits per heavy atom. The van der Waals surface area contributed by atoms with Crippen LogP contribution in [0.25, 0.3) is 0 Å². The predicted molar refractivity (Wildman–Crippen MR) is 67.0 cm³/mol. The highest BCUT2D eigenvalue weighted by atomic mass is 79.9. The molecule has 3 nitrogen and oxygen atoms in total. The van der Waals surface area contributed by atoms with Gasteiger partial charge in [-0.3, -0.25) is 4.79 Å². The molecule has 1 fully saturated rings. The van der Waals surface area contributed by atoms with E-state index < -0.39 is 0 Å². The first-order chi connectivity index (χ1) is 7.58. The largest absolute Gasteiger partial charge is 0.391 e. The van der Waals surface area contributed by atoms with Crippen LogP contribution in [-0.4, -0.2) is 30.1 Å². The van der Waals surface area contributed by atoms with Gasteiger partial charge in [0.2, 0.25) is 0 Å². The van der Waals surface area contributed by atoms with Crippen molar-refractivity contribution in [2.24, 2.45) is 0 Å². The van der Waals surface area contributed by atoms with Crippen LogP contribution < -0.4 is 4.90 Å². The molecule has 0 bridgehead atoms. The minimum Gasteiger partial charge on any atom is -0.391 e. The molecular weight excluding hydrogens is 270 g/mol. The van der Waals surface area contributed by atoms with Crippen molar-refractivity contribution in [3.63, 3.8) is 0 Å². The Morgan fingerprint density at radius 2 is 2.31 bits per heavy atom. The Bertz CT molecular complexity index is 419. The van der Waals surface area contributed by atoms with Gasteiger partial charge in [-0.1, -0.05) is 0 Å². The number of halogens is 1. The molecule has 0 aromatic heterocycles. The van der Waals surface area contributed by atoms with E-state index in [9.17, 15) is 9.90 Å². The third-order valence-corrected chi connectivity index (χ3v) is 3.49. The van der Waals surface area contributed by atoms with E-state index >= 15 is 0 Å². The van der Waals surface area contributed by atoms with Gasteiger partial charge in [-0.05, 0) is 47.5 Å². The molecule has 1 aliphatic heterocycles. The van der Waals surface area contributed by atoms with Crippen LogP contribution in [0, 0.1) is 0 Å². The molecule has 0 spiro atoms. The van der Waals surface area contributed by atoms with E-state index in [1.807, 2.05) is 18.2 Å². The summed E-state index contributed by atoms with van der Waals surface area (Å²) < 4.78 is 0.911. The van der Waals surface area contributed by atoms with E-state index in [-0.39, 0.29) is 11.9 Å². The summed E-state index contributed by atoms with van der Waals surface area (Å²) in [6.45, 7) is 3.08. The Hall–Kier alpha value is -0.870. The highest BCUT2D eigenvalue weighted by Crippen LogP contribution is 2.30. The SMILES string of the molecule is CC(=O)c1ccc(N2CCC(O)C2)c(Br)c1. The number of Topliss-reactive ketones (excluding diaryl/α,β-unsaturated/α-hetero) is 1. The minimum absolute atomic E-state index is 0.0636. The molecule has 4 heteroatoms. The fraction of sp³-hybridized carbons (Fsp3) is 0.417. The third-order valence-electron chi connectivity index (χ3n) is 2.86. The van der Waals surface area contributed by atoms with Crippen LogP contribution in [0.1, 0.15) is 23.7 Å². The molecule has 1 heterocycles. The van der Waals surface area contributed by atoms with E-state index in [1.165, 1.54) is 0 Å². The van der Waals surface area contributed by atoms with Crippen molar-refractivity contribution in [2.45, 2.75) is 19.4 Å². The second-order valence-corrected chi connectivity index (χ2v) is 4.97. The summed E-state index contributed by atoms with van der Waals surface area (Å²) in [7, 11) is 0. The number of anilines is 1. The number of aliphatic hydroxyl groups excluding tert-OH is 1. The second-order valence-electron chi connectivity index (χ2n) is 4.11. The fourth-order valence-corrected chi connectivity index (χ4v) is 2.57. The molecule has 2 rings (SSSR count). The maximum atomic E-state index is 11.2. The Kier molecular flexibility index (Phi) is 3.30. The Morgan fingerprint density at radius 1 is 1.56 bits per heavy atom. The molecule has 16 heavy (non-hydrogen) atoms. The molecule has 86 valence electrons. The first-order valence-corrected chi connectivity index (χ1v) is 6.10. The van der Waals surface area contributed by atoms with Crippen molar-refractivity contribution in [3.8, 4) is 0 Å². The summed E-state index contributed by atoms with van der Waals surface area (Å²) >= 11 is 3.47. The van der Waals surface area contributed by atoms with Crippen LogP contribution in [0.2, 0.25) is 0 Å². The van der Waals surface area contributed by atoms with Gasteiger partial charge in [0.1, 0.15) is 0 Å². The number of carbonyl (C=O) groups is 1. The summed E-state index contributed by atoms with van der Waals surface area (Å²) in [5.74, 6) is 0.0636. The van der Waals surface area contributed by atoms with Gasteiger partial charge < -0.3 is 10.0 Å². The van der Waals surface area contributed by atoms with Gasteiger partial charge in [0, 0.05) is 23.1 Å². The van der Waals surface area contributed by atoms with Crippen LogP contribution in [0.4, 0.5) is 5.69 Å². The number of nitrogens with zero attached hydrogens (tertiary/aromatic N) is 1. The van der Waals surface area contributed by atoms with Crippen molar-refractivity contribution in [2.75, 3.05) is 18.0 Å². The van der Waals surface area contributed by atoms with Gasteiger partial charge >= 0.3 is 0 Å². The first kappa shape index (κ1) is 11.6. The van der Waals surface area contributed by atoms with Crippen LogP contribution in [0.15, 0.2) is 22.7 Å². The van der Waals surface area contributed by atoms with Crippen LogP contribution in [0.5, 0.6) is 0 Å². The van der Waals surface area contributed by atoms with Crippen molar-refractivity contribution in [1.29, 1.82) is 0 Å². The van der Waals surface area contributed by atoms with Gasteiger partial charge in [-0.25, -0.2) is 0 Å². The zero-order chi connectivity index (χ0) is 11.7. The molecule has 1 unspecified atom stereocenters. The normalized spacial score (nSPS) is 20.2. The molecular formula is C12H14BrNO2. The van der Waals surface area contributed by atoms with E-state index in [2.05, 4.69) is 20.8 Å². The van der Waals surface area contributed by atoms with Crippen molar-refractivity contribution < 1.29 is 9.90 Å². The van der Waals surface area contributed by atoms with E-state index in [0.717, 1.165) is 23.1 Å². The van der Waals surface area contributed by atoms with Crippen molar-refractivity contribution >= 4 is 27.4 Å². The summed E-state index contributed by atoms with van der Waals surface area (Å²) in [5.41, 5.74) is 1.75. The van der Waals surface area contributed by atoms with Gasteiger partial charge in [0.05, 0.1) is 11.8 Å². The molecule has 1 aromatic rings. The lowest BCUT2D eigenvalue weighted by Crippen LogP contribution is -2.21. The standard InChI is InChI=1S/C12H14BrNO2/c1-8(15)9-2-3-12(11(13)6-9)14-5-4-10(16)7-14/h2-3,6,10,16H,4-5,7H2,1H3. The Labute approximate surface area is 103 Å². The number of benzene rings is 1. The summed E-state index contributed by atoms with van der Waals surface area (Å²) in [6.07, 6.45) is 0.570. The van der Waals surface area contributed by atoms with E-state index in [4.69, 9.17) is 0 Å². The average Bonchev–Trinajstić information content (AvgIpc) is 2.64. The highest BCUT2D eigenvalue weighted by molar-refractivity contribution is 9.10. The lowest BCUT2D eigenvalue weighted by molar-refractivity contribution is 0.101. The van der Waals surface area contributed by atoms with E-state index in [0.29, 0.717) is 12.1 Å². The maximum absolute atomic E-state index is 11.2.